The molecule has 2 aromatic carbocycles. The number of aromatic nitrogens is 1. The Morgan fingerprint density at radius 3 is 2.54 bits per heavy atom. The van der Waals surface area contributed by atoms with Crippen LogP contribution >= 0.6 is 27.3 Å². The molecule has 3 rings (SSSR count). The lowest BCUT2D eigenvalue weighted by Gasteiger charge is -2.05. The quantitative estimate of drug-likeness (QED) is 0.319. The second-order valence-corrected chi connectivity index (χ2v) is 8.17. The third-order valence-electron chi connectivity index (χ3n) is 3.15. The first-order chi connectivity index (χ1) is 12.3. The zero-order chi connectivity index (χ0) is 18.9. The van der Waals surface area contributed by atoms with Crippen LogP contribution in [-0.2, 0) is 10.1 Å². The third kappa shape index (κ3) is 3.89. The molecule has 1 aromatic heterocycles. The van der Waals surface area contributed by atoms with Crippen molar-refractivity contribution in [1.29, 1.82) is 0 Å². The number of nitrogens with zero attached hydrogens (tertiary/aromatic N) is 2. The molecule has 0 saturated carbocycles. The zero-order valence-electron chi connectivity index (χ0n) is 12.6. The second kappa shape index (κ2) is 7.09. The van der Waals surface area contributed by atoms with E-state index in [9.17, 15) is 22.9 Å². The lowest BCUT2D eigenvalue weighted by atomic mass is 10.2. The van der Waals surface area contributed by atoms with Gasteiger partial charge in [0.25, 0.3) is 0 Å². The number of hydrogen-bond acceptors (Lipinski definition) is 7. The fourth-order valence-corrected chi connectivity index (χ4v) is 4.25. The summed E-state index contributed by atoms with van der Waals surface area (Å²) in [6, 6.07) is 9.35. The highest BCUT2D eigenvalue weighted by atomic mass is 79.9. The lowest BCUT2D eigenvalue weighted by Crippen LogP contribution is -2.11. The Morgan fingerprint density at radius 1 is 1.19 bits per heavy atom. The van der Waals surface area contributed by atoms with Crippen molar-refractivity contribution in [3.05, 3.63) is 68.2 Å². The SMILES string of the molecule is O=[N+]([O-])c1ccc(F)cc1OS(=O)(=O)c1csc(-c2ccc(Br)cc2)n1. The Hall–Kier alpha value is -2.37. The third-order valence-corrected chi connectivity index (χ3v) is 5.84. The van der Waals surface area contributed by atoms with Crippen LogP contribution in [0.5, 0.6) is 5.75 Å². The van der Waals surface area contributed by atoms with Gasteiger partial charge in [-0.2, -0.15) is 8.42 Å². The van der Waals surface area contributed by atoms with Crippen molar-refractivity contribution in [3.63, 3.8) is 0 Å². The average molecular weight is 459 g/mol. The molecule has 26 heavy (non-hydrogen) atoms. The van der Waals surface area contributed by atoms with Gasteiger partial charge in [-0.25, -0.2) is 9.37 Å². The molecule has 11 heteroatoms. The fraction of sp³-hybridized carbons (Fsp3) is 0. The summed E-state index contributed by atoms with van der Waals surface area (Å²) in [5.74, 6) is -1.58. The predicted octanol–water partition coefficient (Wildman–Crippen LogP) is 4.39. The van der Waals surface area contributed by atoms with E-state index in [1.807, 2.05) is 0 Å². The number of rotatable bonds is 5. The molecular weight excluding hydrogens is 451 g/mol. The molecule has 0 saturated heterocycles. The normalized spacial score (nSPS) is 11.3. The van der Waals surface area contributed by atoms with Gasteiger partial charge in [-0.3, -0.25) is 10.1 Å². The van der Waals surface area contributed by atoms with Crippen LogP contribution in [0.15, 0.2) is 57.3 Å². The number of thiazole rings is 1. The van der Waals surface area contributed by atoms with Gasteiger partial charge in [-0.15, -0.1) is 11.3 Å². The standard InChI is InChI=1S/C15H8BrFN2O5S2/c16-10-3-1-9(2-4-10)15-18-14(8-25-15)26(22,23)24-13-7-11(17)5-6-12(13)19(20)21/h1-8H. The maximum Gasteiger partial charge on any atom is 0.358 e. The summed E-state index contributed by atoms with van der Waals surface area (Å²) in [7, 11) is -4.46. The fourth-order valence-electron chi connectivity index (χ4n) is 1.97. The molecule has 1 heterocycles. The first-order valence-electron chi connectivity index (χ1n) is 6.86. The van der Waals surface area contributed by atoms with Gasteiger partial charge in [0.15, 0.2) is 0 Å². The summed E-state index contributed by atoms with van der Waals surface area (Å²) in [5, 5.41) is 12.2. The van der Waals surface area contributed by atoms with Crippen LogP contribution < -0.4 is 4.18 Å². The highest BCUT2D eigenvalue weighted by Gasteiger charge is 2.26. The Kier molecular flexibility index (Phi) is 5.03. The van der Waals surface area contributed by atoms with Gasteiger partial charge in [-0.05, 0) is 18.2 Å². The van der Waals surface area contributed by atoms with Crippen LogP contribution in [0.1, 0.15) is 0 Å². The van der Waals surface area contributed by atoms with Gasteiger partial charge in [0.05, 0.1) is 4.92 Å². The van der Waals surface area contributed by atoms with Crippen LogP contribution in [-0.4, -0.2) is 18.3 Å². The van der Waals surface area contributed by atoms with Crippen LogP contribution in [0.4, 0.5) is 10.1 Å². The van der Waals surface area contributed by atoms with E-state index in [2.05, 4.69) is 20.9 Å². The van der Waals surface area contributed by atoms with Crippen molar-refractivity contribution in [2.75, 3.05) is 0 Å². The highest BCUT2D eigenvalue weighted by molar-refractivity contribution is 9.10. The summed E-state index contributed by atoms with van der Waals surface area (Å²) in [6.07, 6.45) is 0. The summed E-state index contributed by atoms with van der Waals surface area (Å²) in [4.78, 5) is 14.1. The Labute approximate surface area is 159 Å². The monoisotopic (exact) mass is 458 g/mol. The summed E-state index contributed by atoms with van der Waals surface area (Å²) in [6.45, 7) is 0. The Bertz CT molecular complexity index is 1080. The van der Waals surface area contributed by atoms with Crippen LogP contribution in [0.2, 0.25) is 0 Å². The van der Waals surface area contributed by atoms with Crippen molar-refractivity contribution in [1.82, 2.24) is 4.98 Å². The zero-order valence-corrected chi connectivity index (χ0v) is 15.8. The molecule has 0 atom stereocenters. The maximum absolute atomic E-state index is 13.3. The van der Waals surface area contributed by atoms with Gasteiger partial charge in [0, 0.05) is 27.5 Å². The molecule has 0 amide bonds. The van der Waals surface area contributed by atoms with Crippen molar-refractivity contribution < 1.29 is 21.9 Å². The van der Waals surface area contributed by atoms with E-state index < -0.39 is 37.3 Å². The van der Waals surface area contributed by atoms with E-state index in [1.165, 1.54) is 5.38 Å². The first kappa shape index (κ1) is 18.4. The molecule has 0 radical (unpaired) electrons. The minimum absolute atomic E-state index is 0.418. The van der Waals surface area contributed by atoms with E-state index in [1.54, 1.807) is 24.3 Å². The highest BCUT2D eigenvalue weighted by Crippen LogP contribution is 2.32. The van der Waals surface area contributed by atoms with E-state index in [0.717, 1.165) is 27.9 Å². The number of halogens is 2. The first-order valence-corrected chi connectivity index (χ1v) is 9.94. The topological polar surface area (TPSA) is 99.4 Å². The molecule has 0 fully saturated rings. The van der Waals surface area contributed by atoms with Crippen LogP contribution in [0.3, 0.4) is 0 Å². The van der Waals surface area contributed by atoms with Crippen molar-refractivity contribution in [2.24, 2.45) is 0 Å². The lowest BCUT2D eigenvalue weighted by molar-refractivity contribution is -0.385. The van der Waals surface area contributed by atoms with E-state index in [-0.39, 0.29) is 0 Å². The molecule has 0 aliphatic carbocycles. The number of benzene rings is 2. The summed E-state index contributed by atoms with van der Waals surface area (Å²) < 4.78 is 43.7. The summed E-state index contributed by atoms with van der Waals surface area (Å²) >= 11 is 4.36. The largest absolute Gasteiger partial charge is 0.370 e. The van der Waals surface area contributed by atoms with Crippen LogP contribution in [0.25, 0.3) is 10.6 Å². The van der Waals surface area contributed by atoms with Gasteiger partial charge < -0.3 is 4.18 Å². The number of nitro groups is 1. The Morgan fingerprint density at radius 2 is 1.88 bits per heavy atom. The van der Waals surface area contributed by atoms with Gasteiger partial charge in [0.2, 0.25) is 10.8 Å². The Balaban J connectivity index is 1.94. The smallest absolute Gasteiger partial charge is 0.358 e. The van der Waals surface area contributed by atoms with E-state index in [0.29, 0.717) is 16.6 Å². The van der Waals surface area contributed by atoms with Crippen molar-refractivity contribution in [2.45, 2.75) is 5.03 Å². The molecule has 7 nitrogen and oxygen atoms in total. The molecule has 0 spiro atoms. The molecule has 0 bridgehead atoms. The molecule has 134 valence electrons. The average Bonchev–Trinajstić information content (AvgIpc) is 3.06. The minimum Gasteiger partial charge on any atom is -0.370 e. The second-order valence-electron chi connectivity index (χ2n) is 4.90. The maximum atomic E-state index is 13.3. The predicted molar refractivity (Wildman–Crippen MR) is 96.1 cm³/mol. The molecular formula is C15H8BrFN2O5S2. The number of hydrogen-bond donors (Lipinski definition) is 0. The van der Waals surface area contributed by atoms with E-state index in [4.69, 9.17) is 4.18 Å². The van der Waals surface area contributed by atoms with Gasteiger partial charge in [-0.1, -0.05) is 28.1 Å². The number of nitro benzene ring substituents is 1. The molecule has 0 N–H and O–H groups in total. The van der Waals surface area contributed by atoms with Gasteiger partial charge in [0.1, 0.15) is 10.8 Å². The van der Waals surface area contributed by atoms with Crippen LogP contribution in [0, 0.1) is 15.9 Å². The molecule has 0 unspecified atom stereocenters. The summed E-state index contributed by atoms with van der Waals surface area (Å²) in [5.41, 5.74) is 0.0229. The molecule has 3 aromatic rings. The van der Waals surface area contributed by atoms with Crippen molar-refractivity contribution >= 4 is 43.1 Å². The van der Waals surface area contributed by atoms with Gasteiger partial charge >= 0.3 is 15.8 Å². The molecule has 0 aliphatic heterocycles. The molecule has 0 aliphatic rings. The van der Waals surface area contributed by atoms with E-state index >= 15 is 0 Å². The minimum atomic E-state index is -4.46. The van der Waals surface area contributed by atoms with Crippen molar-refractivity contribution in [3.8, 4) is 16.3 Å².